The highest BCUT2D eigenvalue weighted by Crippen LogP contribution is 2.09. The molecule has 0 amide bonds. The second-order valence-electron chi connectivity index (χ2n) is 3.00. The largest absolute Gasteiger partial charge is 0.414 e. The first-order valence-corrected chi connectivity index (χ1v) is 4.53. The van der Waals surface area contributed by atoms with Crippen LogP contribution in [0.4, 0.5) is 0 Å². The van der Waals surface area contributed by atoms with Gasteiger partial charge in [0.15, 0.2) is 0 Å². The molecule has 0 bridgehead atoms. The predicted molar refractivity (Wildman–Crippen MR) is 46.4 cm³/mol. The number of rotatable bonds is 2. The van der Waals surface area contributed by atoms with Gasteiger partial charge in [-0.2, -0.15) is 0 Å². The van der Waals surface area contributed by atoms with Crippen molar-refractivity contribution in [2.75, 3.05) is 6.54 Å². The van der Waals surface area contributed by atoms with E-state index in [0.717, 1.165) is 13.0 Å². The number of hydrogen-bond donors (Lipinski definition) is 2. The zero-order valence-electron chi connectivity index (χ0n) is 6.67. The molecule has 0 aliphatic carbocycles. The van der Waals surface area contributed by atoms with Crippen LogP contribution < -0.4 is 5.32 Å². The van der Waals surface area contributed by atoms with E-state index in [-0.39, 0.29) is 0 Å². The van der Waals surface area contributed by atoms with Crippen molar-refractivity contribution in [1.29, 1.82) is 0 Å². The van der Waals surface area contributed by atoms with Crippen LogP contribution in [0, 0.1) is 4.84 Å². The number of nitrogens with one attached hydrogen (secondary N) is 2. The predicted octanol–water partition coefficient (Wildman–Crippen LogP) is 1.03. The van der Waals surface area contributed by atoms with Crippen molar-refractivity contribution in [2.24, 2.45) is 0 Å². The fourth-order valence-electron chi connectivity index (χ4n) is 1.49. The van der Waals surface area contributed by atoms with Crippen molar-refractivity contribution >= 4 is 12.2 Å². The molecule has 1 unspecified atom stereocenters. The number of aromatic nitrogens is 2. The number of hydrogen-bond acceptors (Lipinski definition) is 4. The van der Waals surface area contributed by atoms with Crippen LogP contribution >= 0.6 is 12.2 Å². The first-order valence-electron chi connectivity index (χ1n) is 4.12. The number of H-pyrrole nitrogens is 1. The third kappa shape index (κ3) is 1.73. The minimum absolute atomic E-state index is 0.364. The Bertz CT molecular complexity index is 300. The van der Waals surface area contributed by atoms with Crippen molar-refractivity contribution in [2.45, 2.75) is 25.3 Å². The van der Waals surface area contributed by atoms with Gasteiger partial charge in [-0.05, 0) is 31.6 Å². The maximum Gasteiger partial charge on any atom is 0.284 e. The lowest BCUT2D eigenvalue weighted by molar-refractivity contribution is 0.447. The fraction of sp³-hybridized carbons (Fsp3) is 0.714. The van der Waals surface area contributed by atoms with Gasteiger partial charge >= 0.3 is 0 Å². The van der Waals surface area contributed by atoms with Crippen LogP contribution in [-0.2, 0) is 6.42 Å². The monoisotopic (exact) mass is 185 g/mol. The third-order valence-electron chi connectivity index (χ3n) is 2.07. The van der Waals surface area contributed by atoms with Crippen LogP contribution in [-0.4, -0.2) is 22.8 Å². The Morgan fingerprint density at radius 2 is 2.58 bits per heavy atom. The van der Waals surface area contributed by atoms with Gasteiger partial charge in [0.1, 0.15) is 0 Å². The molecule has 1 aromatic heterocycles. The topological polar surface area (TPSA) is 53.9 Å². The van der Waals surface area contributed by atoms with Crippen LogP contribution in [0.3, 0.4) is 0 Å². The molecule has 0 spiro atoms. The minimum Gasteiger partial charge on any atom is -0.414 e. The molecule has 2 N–H and O–H groups in total. The van der Waals surface area contributed by atoms with E-state index in [9.17, 15) is 0 Å². The summed E-state index contributed by atoms with van der Waals surface area (Å²) < 4.78 is 5.15. The van der Waals surface area contributed by atoms with E-state index in [2.05, 4.69) is 15.5 Å². The smallest absolute Gasteiger partial charge is 0.284 e. The van der Waals surface area contributed by atoms with Gasteiger partial charge in [0, 0.05) is 12.5 Å². The van der Waals surface area contributed by atoms with E-state index < -0.39 is 0 Å². The highest BCUT2D eigenvalue weighted by Gasteiger charge is 2.16. The average molecular weight is 185 g/mol. The summed E-state index contributed by atoms with van der Waals surface area (Å²) in [5, 5.41) is 9.92. The Balaban J connectivity index is 1.98. The molecular weight excluding hydrogens is 174 g/mol. The fourth-order valence-corrected chi connectivity index (χ4v) is 1.63. The van der Waals surface area contributed by atoms with E-state index >= 15 is 0 Å². The summed E-state index contributed by atoms with van der Waals surface area (Å²) >= 11 is 4.77. The summed E-state index contributed by atoms with van der Waals surface area (Å²) in [6.45, 7) is 1.11. The molecule has 12 heavy (non-hydrogen) atoms. The van der Waals surface area contributed by atoms with Crippen molar-refractivity contribution < 1.29 is 4.42 Å². The van der Waals surface area contributed by atoms with Crippen LogP contribution in [0.5, 0.6) is 0 Å². The van der Waals surface area contributed by atoms with Gasteiger partial charge in [0.05, 0.1) is 0 Å². The summed E-state index contributed by atoms with van der Waals surface area (Å²) in [5.74, 6) is 0.708. The molecule has 0 radical (unpaired) electrons. The molecule has 1 aromatic rings. The number of nitrogens with zero attached hydrogens (tertiary/aromatic N) is 1. The van der Waals surface area contributed by atoms with Crippen molar-refractivity contribution in [3.63, 3.8) is 0 Å². The third-order valence-corrected chi connectivity index (χ3v) is 2.24. The highest BCUT2D eigenvalue weighted by atomic mass is 32.1. The molecule has 0 saturated carbocycles. The van der Waals surface area contributed by atoms with Gasteiger partial charge in [0.25, 0.3) is 4.84 Å². The maximum absolute atomic E-state index is 5.15. The molecule has 1 fully saturated rings. The van der Waals surface area contributed by atoms with Gasteiger partial charge in [-0.3, -0.25) is 0 Å². The molecule has 0 aromatic carbocycles. The van der Waals surface area contributed by atoms with E-state index in [1.54, 1.807) is 0 Å². The quantitative estimate of drug-likeness (QED) is 0.676. The summed E-state index contributed by atoms with van der Waals surface area (Å²) in [6, 6.07) is 0.520. The zero-order valence-corrected chi connectivity index (χ0v) is 7.49. The van der Waals surface area contributed by atoms with Gasteiger partial charge in [-0.1, -0.05) is 0 Å². The van der Waals surface area contributed by atoms with E-state index in [1.165, 1.54) is 12.8 Å². The molecule has 1 aliphatic heterocycles. The van der Waals surface area contributed by atoms with Gasteiger partial charge in [0.2, 0.25) is 5.89 Å². The molecule has 2 heterocycles. The van der Waals surface area contributed by atoms with E-state index in [1.807, 2.05) is 0 Å². The van der Waals surface area contributed by atoms with E-state index in [0.29, 0.717) is 16.8 Å². The standard InChI is InChI=1S/C7H11N3OS/c12-7-10-9-6(11-7)4-5-2-1-3-8-5/h5,8H,1-4H2,(H,10,12). The molecular formula is C7H11N3OS. The molecule has 1 atom stereocenters. The van der Waals surface area contributed by atoms with Gasteiger partial charge in [-0.25, -0.2) is 5.10 Å². The molecule has 1 aliphatic rings. The molecule has 5 heteroatoms. The minimum atomic E-state index is 0.364. The van der Waals surface area contributed by atoms with Crippen LogP contribution in [0.15, 0.2) is 4.42 Å². The lowest BCUT2D eigenvalue weighted by Gasteiger charge is -2.04. The molecule has 2 rings (SSSR count). The summed E-state index contributed by atoms with van der Waals surface area (Å²) in [6.07, 6.45) is 3.29. The maximum atomic E-state index is 5.15. The lowest BCUT2D eigenvalue weighted by Crippen LogP contribution is -2.23. The summed E-state index contributed by atoms with van der Waals surface area (Å²) in [7, 11) is 0. The van der Waals surface area contributed by atoms with Gasteiger partial charge in [-0.15, -0.1) is 5.10 Å². The molecule has 1 saturated heterocycles. The Labute approximate surface area is 75.4 Å². The first-order chi connectivity index (χ1) is 5.84. The average Bonchev–Trinajstić information content (AvgIpc) is 2.63. The Morgan fingerprint density at radius 1 is 1.67 bits per heavy atom. The Morgan fingerprint density at radius 3 is 3.17 bits per heavy atom. The normalized spacial score (nSPS) is 23.2. The Kier molecular flexibility index (Phi) is 2.23. The second kappa shape index (κ2) is 3.37. The zero-order chi connectivity index (χ0) is 8.39. The summed E-state index contributed by atoms with van der Waals surface area (Å²) in [4.78, 5) is 0.364. The van der Waals surface area contributed by atoms with Crippen LogP contribution in [0.1, 0.15) is 18.7 Å². The van der Waals surface area contributed by atoms with E-state index in [4.69, 9.17) is 16.6 Å². The SMILES string of the molecule is S=c1[nH]nc(CC2CCCN2)o1. The highest BCUT2D eigenvalue weighted by molar-refractivity contribution is 7.71. The lowest BCUT2D eigenvalue weighted by atomic mass is 10.2. The summed E-state index contributed by atoms with van der Waals surface area (Å²) in [5.41, 5.74) is 0. The molecule has 4 nitrogen and oxygen atoms in total. The first kappa shape index (κ1) is 7.94. The molecule has 66 valence electrons. The Hall–Kier alpha value is -0.680. The second-order valence-corrected chi connectivity index (χ2v) is 3.38. The van der Waals surface area contributed by atoms with Crippen molar-refractivity contribution in [3.05, 3.63) is 10.7 Å². The van der Waals surface area contributed by atoms with Crippen LogP contribution in [0.2, 0.25) is 0 Å². The van der Waals surface area contributed by atoms with Crippen LogP contribution in [0.25, 0.3) is 0 Å². The van der Waals surface area contributed by atoms with Gasteiger partial charge < -0.3 is 9.73 Å². The number of aromatic amines is 1. The van der Waals surface area contributed by atoms with Crippen molar-refractivity contribution in [3.8, 4) is 0 Å². The van der Waals surface area contributed by atoms with Crippen molar-refractivity contribution in [1.82, 2.24) is 15.5 Å².